The van der Waals surface area contributed by atoms with Gasteiger partial charge in [-0.2, -0.15) is 0 Å². The van der Waals surface area contributed by atoms with E-state index >= 15 is 0 Å². The summed E-state index contributed by atoms with van der Waals surface area (Å²) in [5.74, 6) is -0.0451. The lowest BCUT2D eigenvalue weighted by atomic mass is 10.1. The molecule has 6 nitrogen and oxygen atoms in total. The third kappa shape index (κ3) is 3.11. The van der Waals surface area contributed by atoms with Crippen LogP contribution in [0, 0.1) is 0 Å². The maximum atomic E-state index is 12.7. The molecule has 1 heterocycles. The number of nitrogens with zero attached hydrogens (tertiary/aromatic N) is 5. The molecule has 0 fully saturated rings. The smallest absolute Gasteiger partial charge is 0.254 e. The maximum Gasteiger partial charge on any atom is 0.254 e. The van der Waals surface area contributed by atoms with E-state index in [9.17, 15) is 4.79 Å². The third-order valence-electron chi connectivity index (χ3n) is 3.89. The summed E-state index contributed by atoms with van der Waals surface area (Å²) in [5.41, 5.74) is 2.45. The number of rotatable bonds is 4. The average molecular weight is 307 g/mol. The highest BCUT2D eigenvalue weighted by molar-refractivity contribution is 5.94. The maximum absolute atomic E-state index is 12.7. The van der Waals surface area contributed by atoms with Crippen molar-refractivity contribution in [1.82, 2.24) is 25.1 Å². The van der Waals surface area contributed by atoms with Crippen LogP contribution in [0.5, 0.6) is 0 Å². The number of benzene rings is 2. The summed E-state index contributed by atoms with van der Waals surface area (Å²) in [7, 11) is 1.81. The fraction of sp³-hybridized carbons (Fsp3) is 0.176. The van der Waals surface area contributed by atoms with E-state index in [0.29, 0.717) is 5.56 Å². The molecule has 0 bridgehead atoms. The zero-order valence-electron chi connectivity index (χ0n) is 13.0. The quantitative estimate of drug-likeness (QED) is 0.743. The minimum absolute atomic E-state index is 0.0135. The van der Waals surface area contributed by atoms with Crippen LogP contribution in [-0.2, 0) is 0 Å². The first-order chi connectivity index (χ1) is 11.2. The number of hydrogen-bond donors (Lipinski definition) is 0. The van der Waals surface area contributed by atoms with Crippen molar-refractivity contribution >= 4 is 5.91 Å². The van der Waals surface area contributed by atoms with E-state index < -0.39 is 0 Å². The van der Waals surface area contributed by atoms with Gasteiger partial charge < -0.3 is 4.90 Å². The van der Waals surface area contributed by atoms with Crippen LogP contribution in [0.25, 0.3) is 5.69 Å². The molecule has 0 saturated heterocycles. The highest BCUT2D eigenvalue weighted by Crippen LogP contribution is 2.21. The Balaban J connectivity index is 1.84. The van der Waals surface area contributed by atoms with Crippen LogP contribution >= 0.6 is 0 Å². The first-order valence-electron chi connectivity index (χ1n) is 7.32. The van der Waals surface area contributed by atoms with Crippen molar-refractivity contribution < 1.29 is 4.79 Å². The number of aromatic nitrogens is 4. The van der Waals surface area contributed by atoms with Crippen LogP contribution in [0.1, 0.15) is 28.9 Å². The Morgan fingerprint density at radius 3 is 2.61 bits per heavy atom. The van der Waals surface area contributed by atoms with Gasteiger partial charge in [0.05, 0.1) is 11.7 Å². The molecule has 0 aliphatic heterocycles. The summed E-state index contributed by atoms with van der Waals surface area (Å²) in [6.07, 6.45) is 1.50. The largest absolute Gasteiger partial charge is 0.335 e. The van der Waals surface area contributed by atoms with E-state index in [-0.39, 0.29) is 11.9 Å². The molecule has 0 radical (unpaired) electrons. The normalized spacial score (nSPS) is 11.9. The van der Waals surface area contributed by atoms with Gasteiger partial charge in [-0.05, 0) is 41.1 Å². The van der Waals surface area contributed by atoms with Gasteiger partial charge in [0.2, 0.25) is 0 Å². The van der Waals surface area contributed by atoms with Gasteiger partial charge in [-0.25, -0.2) is 4.68 Å². The van der Waals surface area contributed by atoms with E-state index in [1.165, 1.54) is 11.0 Å². The summed E-state index contributed by atoms with van der Waals surface area (Å²) in [4.78, 5) is 14.5. The second kappa shape index (κ2) is 6.39. The Morgan fingerprint density at radius 1 is 1.13 bits per heavy atom. The van der Waals surface area contributed by atoms with Gasteiger partial charge in [0, 0.05) is 12.6 Å². The van der Waals surface area contributed by atoms with Gasteiger partial charge in [-0.3, -0.25) is 4.79 Å². The molecule has 0 N–H and O–H groups in total. The van der Waals surface area contributed by atoms with Gasteiger partial charge in [0.25, 0.3) is 5.91 Å². The lowest BCUT2D eigenvalue weighted by Crippen LogP contribution is -2.29. The molecule has 1 amide bonds. The number of tetrazole rings is 1. The summed E-state index contributed by atoms with van der Waals surface area (Å²) >= 11 is 0. The van der Waals surface area contributed by atoms with Gasteiger partial charge in [0.1, 0.15) is 6.33 Å². The van der Waals surface area contributed by atoms with Crippen molar-refractivity contribution in [1.29, 1.82) is 0 Å². The fourth-order valence-electron chi connectivity index (χ4n) is 2.40. The third-order valence-corrected chi connectivity index (χ3v) is 3.89. The zero-order chi connectivity index (χ0) is 16.2. The summed E-state index contributed by atoms with van der Waals surface area (Å²) in [5, 5.41) is 11.1. The predicted octanol–water partition coefficient (Wildman–Crippen LogP) is 2.50. The van der Waals surface area contributed by atoms with Gasteiger partial charge in [-0.1, -0.05) is 36.4 Å². The molecule has 2 aromatic carbocycles. The molecule has 0 aliphatic rings. The average Bonchev–Trinajstić information content (AvgIpc) is 3.15. The molecule has 6 heteroatoms. The van der Waals surface area contributed by atoms with Crippen molar-refractivity contribution in [3.8, 4) is 5.69 Å². The van der Waals surface area contributed by atoms with Crippen molar-refractivity contribution in [2.75, 3.05) is 7.05 Å². The lowest BCUT2D eigenvalue weighted by molar-refractivity contribution is 0.0742. The van der Waals surface area contributed by atoms with Crippen molar-refractivity contribution in [2.45, 2.75) is 13.0 Å². The fourth-order valence-corrected chi connectivity index (χ4v) is 2.40. The van der Waals surface area contributed by atoms with Gasteiger partial charge in [0.15, 0.2) is 0 Å². The zero-order valence-corrected chi connectivity index (χ0v) is 13.0. The van der Waals surface area contributed by atoms with Crippen molar-refractivity contribution in [3.05, 3.63) is 72.1 Å². The number of carbonyl (C=O) groups excluding carboxylic acids is 1. The van der Waals surface area contributed by atoms with E-state index in [1.807, 2.05) is 56.4 Å². The minimum atomic E-state index is -0.0451. The first-order valence-corrected chi connectivity index (χ1v) is 7.32. The van der Waals surface area contributed by atoms with E-state index in [4.69, 9.17) is 0 Å². The summed E-state index contributed by atoms with van der Waals surface area (Å²) < 4.78 is 1.53. The molecule has 1 atom stereocenters. The molecule has 23 heavy (non-hydrogen) atoms. The van der Waals surface area contributed by atoms with Crippen LogP contribution in [-0.4, -0.2) is 38.1 Å². The van der Waals surface area contributed by atoms with Crippen molar-refractivity contribution in [3.63, 3.8) is 0 Å². The molecule has 0 aliphatic carbocycles. The molecular weight excluding hydrogens is 290 g/mol. The molecule has 1 unspecified atom stereocenters. The second-order valence-electron chi connectivity index (χ2n) is 5.31. The molecule has 0 spiro atoms. The van der Waals surface area contributed by atoms with Crippen LogP contribution in [0.2, 0.25) is 0 Å². The Bertz CT molecular complexity index is 786. The van der Waals surface area contributed by atoms with Gasteiger partial charge >= 0.3 is 0 Å². The molecule has 3 rings (SSSR count). The predicted molar refractivity (Wildman–Crippen MR) is 86.1 cm³/mol. The Hall–Kier alpha value is -3.02. The van der Waals surface area contributed by atoms with E-state index in [1.54, 1.807) is 17.0 Å². The number of hydrogen-bond acceptors (Lipinski definition) is 4. The number of carbonyl (C=O) groups is 1. The van der Waals surface area contributed by atoms with Gasteiger partial charge in [-0.15, -0.1) is 5.10 Å². The summed E-state index contributed by atoms with van der Waals surface area (Å²) in [6.45, 7) is 2.01. The summed E-state index contributed by atoms with van der Waals surface area (Å²) in [6, 6.07) is 17.2. The molecule has 116 valence electrons. The topological polar surface area (TPSA) is 63.9 Å². The highest BCUT2D eigenvalue weighted by atomic mass is 16.2. The van der Waals surface area contributed by atoms with Crippen LogP contribution < -0.4 is 0 Å². The molecule has 0 saturated carbocycles. The standard InChI is InChI=1S/C17H17N5O/c1-13(14-7-4-3-5-8-14)21(2)17(23)15-9-6-10-16(11-15)22-12-18-19-20-22/h3-13H,1-2H3. The van der Waals surface area contributed by atoms with Crippen LogP contribution in [0.3, 0.4) is 0 Å². The molecular formula is C17H17N5O. The monoisotopic (exact) mass is 307 g/mol. The van der Waals surface area contributed by atoms with Crippen LogP contribution in [0.15, 0.2) is 60.9 Å². The SMILES string of the molecule is CC(c1ccccc1)N(C)C(=O)c1cccc(-n2cnnn2)c1. The lowest BCUT2D eigenvalue weighted by Gasteiger charge is -2.25. The molecule has 3 aromatic rings. The van der Waals surface area contributed by atoms with E-state index in [2.05, 4.69) is 15.5 Å². The highest BCUT2D eigenvalue weighted by Gasteiger charge is 2.19. The molecule has 1 aromatic heterocycles. The number of amides is 1. The minimum Gasteiger partial charge on any atom is -0.335 e. The van der Waals surface area contributed by atoms with Crippen molar-refractivity contribution in [2.24, 2.45) is 0 Å². The first kappa shape index (κ1) is 14.9. The van der Waals surface area contributed by atoms with Crippen LogP contribution in [0.4, 0.5) is 0 Å². The Kier molecular flexibility index (Phi) is 4.14. The second-order valence-corrected chi connectivity index (χ2v) is 5.31. The van der Waals surface area contributed by atoms with E-state index in [0.717, 1.165) is 11.3 Å². The Labute approximate surface area is 134 Å². The Morgan fingerprint density at radius 2 is 1.91 bits per heavy atom.